The SMILES string of the molecule is CN1CCC(NC(=S)Nc2ccccc2Cl)CC1. The number of benzene rings is 1. The maximum absolute atomic E-state index is 6.07. The minimum atomic E-state index is 0.462. The highest BCUT2D eigenvalue weighted by Gasteiger charge is 2.17. The molecular formula is C13H18ClN3S. The van der Waals surface area contributed by atoms with Gasteiger partial charge < -0.3 is 15.5 Å². The Balaban J connectivity index is 1.84. The third kappa shape index (κ3) is 3.83. The lowest BCUT2D eigenvalue weighted by Gasteiger charge is -2.30. The summed E-state index contributed by atoms with van der Waals surface area (Å²) in [6, 6.07) is 8.07. The second-order valence-corrected chi connectivity index (χ2v) is 5.47. The Hall–Kier alpha value is -0.840. The maximum Gasteiger partial charge on any atom is 0.171 e. The molecule has 1 aliphatic heterocycles. The van der Waals surface area contributed by atoms with Crippen molar-refractivity contribution in [2.75, 3.05) is 25.5 Å². The Kier molecular flexibility index (Phi) is 4.80. The number of para-hydroxylation sites is 1. The third-order valence-electron chi connectivity index (χ3n) is 3.18. The predicted octanol–water partition coefficient (Wildman–Crippen LogP) is 2.72. The highest BCUT2D eigenvalue weighted by Crippen LogP contribution is 2.20. The number of thiocarbonyl (C=S) groups is 1. The van der Waals surface area contributed by atoms with Crippen LogP contribution in [0.4, 0.5) is 5.69 Å². The summed E-state index contributed by atoms with van der Waals surface area (Å²) in [5.41, 5.74) is 0.851. The van der Waals surface area contributed by atoms with Crippen LogP contribution in [0.15, 0.2) is 24.3 Å². The molecule has 18 heavy (non-hydrogen) atoms. The lowest BCUT2D eigenvalue weighted by Crippen LogP contribution is -2.44. The molecule has 0 bridgehead atoms. The highest BCUT2D eigenvalue weighted by molar-refractivity contribution is 7.80. The van der Waals surface area contributed by atoms with Crippen LogP contribution in [0.2, 0.25) is 5.02 Å². The van der Waals surface area contributed by atoms with E-state index in [9.17, 15) is 0 Å². The Bertz CT molecular complexity index is 416. The number of piperidine rings is 1. The molecule has 0 aromatic heterocycles. The lowest BCUT2D eigenvalue weighted by atomic mass is 10.1. The van der Waals surface area contributed by atoms with Gasteiger partial charge in [-0.3, -0.25) is 0 Å². The largest absolute Gasteiger partial charge is 0.360 e. The van der Waals surface area contributed by atoms with Gasteiger partial charge in [0.2, 0.25) is 0 Å². The minimum Gasteiger partial charge on any atom is -0.360 e. The van der Waals surface area contributed by atoms with Crippen molar-refractivity contribution < 1.29 is 0 Å². The molecule has 0 aliphatic carbocycles. The molecule has 98 valence electrons. The van der Waals surface area contributed by atoms with E-state index in [0.29, 0.717) is 16.2 Å². The van der Waals surface area contributed by atoms with Crippen LogP contribution in [0.25, 0.3) is 0 Å². The van der Waals surface area contributed by atoms with Crippen molar-refractivity contribution in [3.05, 3.63) is 29.3 Å². The van der Waals surface area contributed by atoms with Crippen LogP contribution in [0.1, 0.15) is 12.8 Å². The fourth-order valence-electron chi connectivity index (χ4n) is 2.06. The maximum atomic E-state index is 6.07. The average molecular weight is 284 g/mol. The van der Waals surface area contributed by atoms with Gasteiger partial charge in [-0.2, -0.15) is 0 Å². The highest BCUT2D eigenvalue weighted by atomic mass is 35.5. The Morgan fingerprint density at radius 3 is 2.67 bits per heavy atom. The van der Waals surface area contributed by atoms with Crippen molar-refractivity contribution >= 4 is 34.6 Å². The van der Waals surface area contributed by atoms with Crippen LogP contribution < -0.4 is 10.6 Å². The van der Waals surface area contributed by atoms with Gasteiger partial charge in [0.05, 0.1) is 10.7 Å². The van der Waals surface area contributed by atoms with Gasteiger partial charge in [-0.05, 0) is 57.3 Å². The molecule has 1 aromatic rings. The van der Waals surface area contributed by atoms with E-state index in [1.54, 1.807) is 0 Å². The number of hydrogen-bond acceptors (Lipinski definition) is 2. The molecule has 1 heterocycles. The average Bonchev–Trinajstić information content (AvgIpc) is 2.35. The summed E-state index contributed by atoms with van der Waals surface area (Å²) in [5.74, 6) is 0. The number of anilines is 1. The van der Waals surface area contributed by atoms with Crippen LogP contribution in [0, 0.1) is 0 Å². The fourth-order valence-corrected chi connectivity index (χ4v) is 2.52. The molecule has 2 rings (SSSR count). The van der Waals surface area contributed by atoms with Crippen molar-refractivity contribution in [2.24, 2.45) is 0 Å². The van der Waals surface area contributed by atoms with Crippen molar-refractivity contribution in [1.82, 2.24) is 10.2 Å². The van der Waals surface area contributed by atoms with Crippen LogP contribution in [-0.4, -0.2) is 36.2 Å². The van der Waals surface area contributed by atoms with Gasteiger partial charge in [0.1, 0.15) is 0 Å². The third-order valence-corrected chi connectivity index (χ3v) is 3.73. The van der Waals surface area contributed by atoms with Crippen molar-refractivity contribution in [3.63, 3.8) is 0 Å². The first-order valence-electron chi connectivity index (χ1n) is 6.16. The summed E-state index contributed by atoms with van der Waals surface area (Å²) in [5, 5.41) is 7.83. The van der Waals surface area contributed by atoms with Crippen molar-refractivity contribution in [3.8, 4) is 0 Å². The number of likely N-dealkylation sites (tertiary alicyclic amines) is 1. The Morgan fingerprint density at radius 1 is 1.33 bits per heavy atom. The van der Waals surface area contributed by atoms with Crippen molar-refractivity contribution in [2.45, 2.75) is 18.9 Å². The van der Waals surface area contributed by atoms with Gasteiger partial charge in [0.15, 0.2) is 5.11 Å². The summed E-state index contributed by atoms with van der Waals surface area (Å²) < 4.78 is 0. The van der Waals surface area contributed by atoms with E-state index >= 15 is 0 Å². The van der Waals surface area contributed by atoms with Gasteiger partial charge in [-0.25, -0.2) is 0 Å². The first-order chi connectivity index (χ1) is 8.65. The van der Waals surface area contributed by atoms with Crippen LogP contribution in [-0.2, 0) is 0 Å². The number of rotatable bonds is 2. The molecule has 1 aliphatic rings. The van der Waals surface area contributed by atoms with E-state index in [1.165, 1.54) is 0 Å². The monoisotopic (exact) mass is 283 g/mol. The molecule has 0 saturated carbocycles. The normalized spacial score (nSPS) is 17.4. The van der Waals surface area contributed by atoms with Gasteiger partial charge in [0.25, 0.3) is 0 Å². The minimum absolute atomic E-state index is 0.462. The predicted molar refractivity (Wildman–Crippen MR) is 81.3 cm³/mol. The summed E-state index contributed by atoms with van der Waals surface area (Å²) in [6.07, 6.45) is 2.25. The lowest BCUT2D eigenvalue weighted by molar-refractivity contribution is 0.247. The summed E-state index contributed by atoms with van der Waals surface area (Å²) in [6.45, 7) is 2.23. The number of halogens is 1. The molecule has 2 N–H and O–H groups in total. The zero-order chi connectivity index (χ0) is 13.0. The molecule has 1 fully saturated rings. The van der Waals surface area contributed by atoms with Crippen LogP contribution in [0.5, 0.6) is 0 Å². The fraction of sp³-hybridized carbons (Fsp3) is 0.462. The molecule has 0 spiro atoms. The van der Waals surface area contributed by atoms with Gasteiger partial charge in [0, 0.05) is 6.04 Å². The molecule has 3 nitrogen and oxygen atoms in total. The first kappa shape index (κ1) is 13.6. The summed E-state index contributed by atoms with van der Waals surface area (Å²) >= 11 is 11.4. The molecule has 1 aromatic carbocycles. The van der Waals surface area contributed by atoms with E-state index in [-0.39, 0.29) is 0 Å². The van der Waals surface area contributed by atoms with E-state index in [1.807, 2.05) is 24.3 Å². The quantitative estimate of drug-likeness (QED) is 0.816. The smallest absolute Gasteiger partial charge is 0.171 e. The van der Waals surface area contributed by atoms with Gasteiger partial charge in [-0.1, -0.05) is 23.7 Å². The molecule has 0 unspecified atom stereocenters. The molecule has 0 amide bonds. The van der Waals surface area contributed by atoms with E-state index < -0.39 is 0 Å². The standard InChI is InChI=1S/C13H18ClN3S/c1-17-8-6-10(7-9-17)15-13(18)16-12-5-3-2-4-11(12)14/h2-5,10H,6-9H2,1H3,(H2,15,16,18). The first-order valence-corrected chi connectivity index (χ1v) is 6.94. The molecule has 1 saturated heterocycles. The van der Waals surface area contributed by atoms with Crippen LogP contribution in [0.3, 0.4) is 0 Å². The number of nitrogens with one attached hydrogen (secondary N) is 2. The van der Waals surface area contributed by atoms with E-state index in [4.69, 9.17) is 23.8 Å². The molecule has 0 atom stereocenters. The summed E-state index contributed by atoms with van der Waals surface area (Å²) in [7, 11) is 2.15. The van der Waals surface area contributed by atoms with Crippen LogP contribution >= 0.6 is 23.8 Å². The Labute approximate surface area is 119 Å². The Morgan fingerprint density at radius 2 is 2.00 bits per heavy atom. The molecule has 0 radical (unpaired) electrons. The summed E-state index contributed by atoms with van der Waals surface area (Å²) in [4.78, 5) is 2.34. The second kappa shape index (κ2) is 6.36. The van der Waals surface area contributed by atoms with Crippen molar-refractivity contribution in [1.29, 1.82) is 0 Å². The molecule has 5 heteroatoms. The second-order valence-electron chi connectivity index (χ2n) is 4.66. The number of hydrogen-bond donors (Lipinski definition) is 2. The zero-order valence-corrected chi connectivity index (χ0v) is 12.0. The zero-order valence-electron chi connectivity index (χ0n) is 10.4. The topological polar surface area (TPSA) is 27.3 Å². The number of nitrogens with zero attached hydrogens (tertiary/aromatic N) is 1. The van der Waals surface area contributed by atoms with Gasteiger partial charge in [-0.15, -0.1) is 0 Å². The van der Waals surface area contributed by atoms with E-state index in [0.717, 1.165) is 31.6 Å². The molecular weight excluding hydrogens is 266 g/mol. The van der Waals surface area contributed by atoms with Gasteiger partial charge >= 0.3 is 0 Å². The van der Waals surface area contributed by atoms with E-state index in [2.05, 4.69) is 22.6 Å².